The van der Waals surface area contributed by atoms with Crippen molar-refractivity contribution in [3.05, 3.63) is 11.7 Å². The standard InChI is InChI=1S/C11H17N3O3/c1-11(2,7-4-3-5-12-6-7)10-13-8(9(15)16)14-17-10/h7,12H,3-6H2,1-2H3,(H,15,16). The smallest absolute Gasteiger partial charge is 0.377 e. The molecule has 0 bridgehead atoms. The van der Waals surface area contributed by atoms with Crippen molar-refractivity contribution in [2.45, 2.75) is 32.1 Å². The van der Waals surface area contributed by atoms with Crippen LogP contribution in [0, 0.1) is 5.92 Å². The summed E-state index contributed by atoms with van der Waals surface area (Å²) in [5.41, 5.74) is -0.297. The van der Waals surface area contributed by atoms with Crippen molar-refractivity contribution in [1.82, 2.24) is 15.5 Å². The number of carboxylic acids is 1. The normalized spacial score (nSPS) is 21.4. The van der Waals surface area contributed by atoms with Crippen LogP contribution in [0.15, 0.2) is 4.52 Å². The molecule has 0 spiro atoms. The van der Waals surface area contributed by atoms with Gasteiger partial charge >= 0.3 is 5.97 Å². The van der Waals surface area contributed by atoms with E-state index < -0.39 is 5.97 Å². The van der Waals surface area contributed by atoms with Crippen LogP contribution < -0.4 is 5.32 Å². The summed E-state index contributed by atoms with van der Waals surface area (Å²) < 4.78 is 5.07. The number of aromatic carboxylic acids is 1. The fraction of sp³-hybridized carbons (Fsp3) is 0.727. The van der Waals surface area contributed by atoms with Crippen molar-refractivity contribution in [3.63, 3.8) is 0 Å². The van der Waals surface area contributed by atoms with E-state index in [1.165, 1.54) is 0 Å². The highest BCUT2D eigenvalue weighted by Crippen LogP contribution is 2.34. The molecule has 1 aliphatic rings. The van der Waals surface area contributed by atoms with Gasteiger partial charge in [0.15, 0.2) is 0 Å². The van der Waals surface area contributed by atoms with E-state index in [2.05, 4.69) is 15.5 Å². The van der Waals surface area contributed by atoms with Gasteiger partial charge in [0.25, 0.3) is 5.82 Å². The van der Waals surface area contributed by atoms with Gasteiger partial charge in [-0.2, -0.15) is 4.98 Å². The highest BCUT2D eigenvalue weighted by atomic mass is 16.5. The zero-order valence-electron chi connectivity index (χ0n) is 10.1. The first-order chi connectivity index (χ1) is 8.01. The van der Waals surface area contributed by atoms with Crippen molar-refractivity contribution in [1.29, 1.82) is 0 Å². The van der Waals surface area contributed by atoms with Gasteiger partial charge in [0.2, 0.25) is 5.89 Å². The molecular weight excluding hydrogens is 222 g/mol. The monoisotopic (exact) mass is 239 g/mol. The molecule has 1 atom stereocenters. The Labute approximate surface area is 99.4 Å². The summed E-state index contributed by atoms with van der Waals surface area (Å²) in [5.74, 6) is -0.628. The first-order valence-corrected chi connectivity index (χ1v) is 5.80. The summed E-state index contributed by atoms with van der Waals surface area (Å²) in [5, 5.41) is 15.6. The van der Waals surface area contributed by atoms with Crippen LogP contribution in [-0.2, 0) is 5.41 Å². The summed E-state index contributed by atoms with van der Waals surface area (Å²) in [4.78, 5) is 14.7. The molecule has 2 rings (SSSR count). The average molecular weight is 239 g/mol. The summed E-state index contributed by atoms with van der Waals surface area (Å²) in [6.45, 7) is 5.97. The van der Waals surface area contributed by atoms with Gasteiger partial charge in [0, 0.05) is 5.41 Å². The molecular formula is C11H17N3O3. The van der Waals surface area contributed by atoms with Crippen LogP contribution in [0.4, 0.5) is 0 Å². The van der Waals surface area contributed by atoms with E-state index in [0.717, 1.165) is 25.9 Å². The highest BCUT2D eigenvalue weighted by molar-refractivity contribution is 5.82. The van der Waals surface area contributed by atoms with Gasteiger partial charge in [0.1, 0.15) is 0 Å². The van der Waals surface area contributed by atoms with Crippen molar-refractivity contribution in [3.8, 4) is 0 Å². The fourth-order valence-corrected chi connectivity index (χ4v) is 2.21. The number of hydrogen-bond donors (Lipinski definition) is 2. The summed E-state index contributed by atoms with van der Waals surface area (Å²) in [6, 6.07) is 0. The maximum atomic E-state index is 10.7. The predicted molar refractivity (Wildman–Crippen MR) is 59.9 cm³/mol. The summed E-state index contributed by atoms with van der Waals surface area (Å²) >= 11 is 0. The highest BCUT2D eigenvalue weighted by Gasteiger charge is 2.37. The van der Waals surface area contributed by atoms with Crippen LogP contribution in [0.5, 0.6) is 0 Å². The summed E-state index contributed by atoms with van der Waals surface area (Å²) in [7, 11) is 0. The third-order valence-electron chi connectivity index (χ3n) is 3.49. The molecule has 94 valence electrons. The van der Waals surface area contributed by atoms with E-state index in [0.29, 0.717) is 11.8 Å². The Hall–Kier alpha value is -1.43. The number of hydrogen-bond acceptors (Lipinski definition) is 5. The number of piperidine rings is 1. The molecule has 0 saturated carbocycles. The number of nitrogens with zero attached hydrogens (tertiary/aromatic N) is 2. The maximum Gasteiger partial charge on any atom is 0.377 e. The zero-order chi connectivity index (χ0) is 12.5. The average Bonchev–Trinajstić information content (AvgIpc) is 2.80. The van der Waals surface area contributed by atoms with Gasteiger partial charge in [-0.1, -0.05) is 13.8 Å². The zero-order valence-corrected chi connectivity index (χ0v) is 10.1. The Kier molecular flexibility index (Phi) is 3.15. The van der Waals surface area contributed by atoms with Crippen LogP contribution in [0.2, 0.25) is 0 Å². The summed E-state index contributed by atoms with van der Waals surface area (Å²) in [6.07, 6.45) is 2.21. The third-order valence-corrected chi connectivity index (χ3v) is 3.49. The first-order valence-electron chi connectivity index (χ1n) is 5.80. The lowest BCUT2D eigenvalue weighted by Gasteiger charge is -2.34. The number of carbonyl (C=O) groups is 1. The second kappa shape index (κ2) is 4.44. The Balaban J connectivity index is 2.20. The van der Waals surface area contributed by atoms with Crippen molar-refractivity contribution >= 4 is 5.97 Å². The molecule has 2 heterocycles. The molecule has 1 aliphatic heterocycles. The van der Waals surface area contributed by atoms with Gasteiger partial charge in [-0.05, 0) is 37.0 Å². The van der Waals surface area contributed by atoms with Crippen molar-refractivity contribution < 1.29 is 14.4 Å². The Morgan fingerprint density at radius 3 is 2.88 bits per heavy atom. The van der Waals surface area contributed by atoms with Crippen molar-refractivity contribution in [2.75, 3.05) is 13.1 Å². The molecule has 0 radical (unpaired) electrons. The quantitative estimate of drug-likeness (QED) is 0.819. The minimum atomic E-state index is -1.16. The lowest BCUT2D eigenvalue weighted by molar-refractivity contribution is 0.0680. The molecule has 1 aromatic rings. The second-order valence-corrected chi connectivity index (χ2v) is 4.99. The number of nitrogens with one attached hydrogen (secondary N) is 1. The fourth-order valence-electron chi connectivity index (χ4n) is 2.21. The van der Waals surface area contributed by atoms with Gasteiger partial charge in [-0.3, -0.25) is 0 Å². The molecule has 0 amide bonds. The topological polar surface area (TPSA) is 88.2 Å². The Morgan fingerprint density at radius 2 is 2.35 bits per heavy atom. The van der Waals surface area contributed by atoms with Gasteiger partial charge in [-0.15, -0.1) is 0 Å². The van der Waals surface area contributed by atoms with Crippen LogP contribution >= 0.6 is 0 Å². The van der Waals surface area contributed by atoms with E-state index in [-0.39, 0.29) is 11.2 Å². The maximum absolute atomic E-state index is 10.7. The minimum Gasteiger partial charge on any atom is -0.475 e. The number of aromatic nitrogens is 2. The van der Waals surface area contributed by atoms with Crippen LogP contribution in [0.25, 0.3) is 0 Å². The van der Waals surface area contributed by atoms with E-state index >= 15 is 0 Å². The van der Waals surface area contributed by atoms with Crippen LogP contribution in [-0.4, -0.2) is 34.3 Å². The van der Waals surface area contributed by atoms with Gasteiger partial charge in [0.05, 0.1) is 0 Å². The van der Waals surface area contributed by atoms with Crippen molar-refractivity contribution in [2.24, 2.45) is 5.92 Å². The molecule has 6 nitrogen and oxygen atoms in total. The largest absolute Gasteiger partial charge is 0.475 e. The first kappa shape index (κ1) is 12.0. The number of carboxylic acid groups (broad SMARTS) is 1. The molecule has 1 fully saturated rings. The molecule has 17 heavy (non-hydrogen) atoms. The third kappa shape index (κ3) is 2.31. The van der Waals surface area contributed by atoms with E-state index in [4.69, 9.17) is 9.63 Å². The lowest BCUT2D eigenvalue weighted by atomic mass is 9.75. The molecule has 0 aromatic carbocycles. The van der Waals surface area contributed by atoms with Crippen LogP contribution in [0.1, 0.15) is 43.2 Å². The van der Waals surface area contributed by atoms with E-state index in [1.54, 1.807) is 0 Å². The van der Waals surface area contributed by atoms with E-state index in [1.807, 2.05) is 13.8 Å². The minimum absolute atomic E-state index is 0.267. The molecule has 6 heteroatoms. The molecule has 1 aromatic heterocycles. The van der Waals surface area contributed by atoms with Gasteiger partial charge < -0.3 is 14.9 Å². The molecule has 0 aliphatic carbocycles. The SMILES string of the molecule is CC(C)(c1nc(C(=O)O)no1)C1CCCNC1. The lowest BCUT2D eigenvalue weighted by Crippen LogP contribution is -2.41. The second-order valence-electron chi connectivity index (χ2n) is 4.99. The number of rotatable bonds is 3. The Bertz CT molecular complexity index is 408. The van der Waals surface area contributed by atoms with Gasteiger partial charge in [-0.25, -0.2) is 4.79 Å². The predicted octanol–water partition coefficient (Wildman–Crippen LogP) is 1.04. The van der Waals surface area contributed by atoms with Crippen LogP contribution in [0.3, 0.4) is 0 Å². The molecule has 1 unspecified atom stereocenters. The van der Waals surface area contributed by atoms with E-state index in [9.17, 15) is 4.79 Å². The molecule has 2 N–H and O–H groups in total. The molecule has 1 saturated heterocycles. The Morgan fingerprint density at radius 1 is 1.59 bits per heavy atom.